The number of ether oxygens (including phenoxy) is 4. The lowest BCUT2D eigenvalue weighted by Gasteiger charge is -2.10. The SMILES string of the molecule is CCCCCCCCOc1ccc(C(=O)Oc2ccc(OC(=O)c3ccc(OCC[n+]4ccc(N(C)C)cc4)cc3)cc2F)cc1. The number of aromatic nitrogens is 1. The standard InChI is InChI=1S/C37H42FN2O6/c1-4-5-6-7-8-9-25-43-31-14-12-29(13-15-31)37(42)46-35-19-18-33(27-34(35)38)45-36(41)28-10-16-32(17-11-28)44-26-24-40-22-20-30(21-23-40)39(2)3/h10-23,27H,4-9,24-26H2,1-3H3/q+1. The highest BCUT2D eigenvalue weighted by molar-refractivity contribution is 5.92. The van der Waals surface area contributed by atoms with E-state index in [1.807, 2.05) is 48.1 Å². The van der Waals surface area contributed by atoms with Crippen LogP contribution in [0.5, 0.6) is 23.0 Å². The van der Waals surface area contributed by atoms with Crippen molar-refractivity contribution in [1.82, 2.24) is 0 Å². The number of anilines is 1. The lowest BCUT2D eigenvalue weighted by atomic mass is 10.1. The van der Waals surface area contributed by atoms with E-state index >= 15 is 0 Å². The molecular weight excluding hydrogens is 587 g/mol. The Bertz CT molecular complexity index is 1540. The van der Waals surface area contributed by atoms with Gasteiger partial charge in [-0.25, -0.2) is 18.5 Å². The van der Waals surface area contributed by atoms with Crippen molar-refractivity contribution in [3.05, 3.63) is 108 Å². The van der Waals surface area contributed by atoms with E-state index in [0.29, 0.717) is 31.3 Å². The summed E-state index contributed by atoms with van der Waals surface area (Å²) >= 11 is 0. The number of hydrogen-bond acceptors (Lipinski definition) is 7. The number of benzene rings is 3. The number of esters is 2. The second-order valence-corrected chi connectivity index (χ2v) is 11.1. The van der Waals surface area contributed by atoms with Gasteiger partial charge in [-0.1, -0.05) is 39.0 Å². The van der Waals surface area contributed by atoms with Crippen molar-refractivity contribution in [2.75, 3.05) is 32.2 Å². The second-order valence-electron chi connectivity index (χ2n) is 11.1. The minimum absolute atomic E-state index is 0.0215. The maximum Gasteiger partial charge on any atom is 0.343 e. The molecule has 46 heavy (non-hydrogen) atoms. The first-order valence-corrected chi connectivity index (χ1v) is 15.7. The minimum Gasteiger partial charge on any atom is -0.494 e. The van der Waals surface area contributed by atoms with Crippen LogP contribution in [0.25, 0.3) is 0 Å². The zero-order valence-corrected chi connectivity index (χ0v) is 26.7. The Hall–Kier alpha value is -4.92. The molecule has 0 bridgehead atoms. The van der Waals surface area contributed by atoms with Gasteiger partial charge in [-0.05, 0) is 67.1 Å². The molecular formula is C37H42FN2O6+. The van der Waals surface area contributed by atoms with Crippen molar-refractivity contribution in [1.29, 1.82) is 0 Å². The van der Waals surface area contributed by atoms with E-state index < -0.39 is 17.8 Å². The summed E-state index contributed by atoms with van der Waals surface area (Å²) in [6.07, 6.45) is 11.0. The Labute approximate surface area is 270 Å². The second kappa shape index (κ2) is 17.5. The van der Waals surface area contributed by atoms with Gasteiger partial charge in [0, 0.05) is 38.0 Å². The van der Waals surface area contributed by atoms with Gasteiger partial charge < -0.3 is 23.8 Å². The zero-order valence-electron chi connectivity index (χ0n) is 26.7. The summed E-state index contributed by atoms with van der Waals surface area (Å²) in [5.74, 6) is -1.25. The van der Waals surface area contributed by atoms with E-state index in [4.69, 9.17) is 18.9 Å². The Kier molecular flexibility index (Phi) is 12.9. The molecule has 0 fully saturated rings. The van der Waals surface area contributed by atoms with Crippen LogP contribution in [0, 0.1) is 5.82 Å². The van der Waals surface area contributed by atoms with Crippen molar-refractivity contribution in [2.24, 2.45) is 0 Å². The van der Waals surface area contributed by atoms with E-state index in [0.717, 1.165) is 24.6 Å². The van der Waals surface area contributed by atoms with Crippen molar-refractivity contribution >= 4 is 17.6 Å². The molecule has 0 spiro atoms. The molecule has 8 nitrogen and oxygen atoms in total. The summed E-state index contributed by atoms with van der Waals surface area (Å²) in [6, 6.07) is 20.7. The molecule has 0 aliphatic carbocycles. The molecule has 242 valence electrons. The van der Waals surface area contributed by atoms with Crippen molar-refractivity contribution in [2.45, 2.75) is 52.0 Å². The topological polar surface area (TPSA) is 78.2 Å². The number of pyridine rings is 1. The van der Waals surface area contributed by atoms with Crippen LogP contribution in [0.2, 0.25) is 0 Å². The maximum atomic E-state index is 14.8. The summed E-state index contributed by atoms with van der Waals surface area (Å²) in [5, 5.41) is 0. The predicted molar refractivity (Wildman–Crippen MR) is 175 cm³/mol. The molecule has 0 radical (unpaired) electrons. The molecule has 0 amide bonds. The van der Waals surface area contributed by atoms with Gasteiger partial charge in [0.2, 0.25) is 0 Å². The normalized spacial score (nSPS) is 10.7. The highest BCUT2D eigenvalue weighted by Crippen LogP contribution is 2.25. The summed E-state index contributed by atoms with van der Waals surface area (Å²) in [6.45, 7) is 3.92. The third kappa shape index (κ3) is 10.6. The molecule has 0 saturated carbocycles. The van der Waals surface area contributed by atoms with Crippen molar-refractivity contribution < 1.29 is 37.5 Å². The Morgan fingerprint density at radius 3 is 1.80 bits per heavy atom. The van der Waals surface area contributed by atoms with Gasteiger partial charge in [-0.3, -0.25) is 0 Å². The van der Waals surface area contributed by atoms with Gasteiger partial charge in [-0.15, -0.1) is 0 Å². The van der Waals surface area contributed by atoms with Crippen LogP contribution in [-0.4, -0.2) is 39.2 Å². The number of halogens is 1. The summed E-state index contributed by atoms with van der Waals surface area (Å²) in [5.41, 5.74) is 1.64. The molecule has 1 heterocycles. The van der Waals surface area contributed by atoms with E-state index in [2.05, 4.69) is 6.92 Å². The first kappa shape index (κ1) is 34.0. The molecule has 4 rings (SSSR count). The third-order valence-corrected chi connectivity index (χ3v) is 7.27. The number of rotatable bonds is 17. The third-order valence-electron chi connectivity index (χ3n) is 7.27. The van der Waals surface area contributed by atoms with Crippen LogP contribution < -0.4 is 28.4 Å². The first-order valence-electron chi connectivity index (χ1n) is 15.7. The largest absolute Gasteiger partial charge is 0.494 e. The number of nitrogens with zero attached hydrogens (tertiary/aromatic N) is 2. The van der Waals surface area contributed by atoms with Crippen molar-refractivity contribution in [3.8, 4) is 23.0 Å². The van der Waals surface area contributed by atoms with E-state index in [-0.39, 0.29) is 22.6 Å². The van der Waals surface area contributed by atoms with E-state index in [1.54, 1.807) is 48.5 Å². The van der Waals surface area contributed by atoms with Gasteiger partial charge in [-0.2, -0.15) is 0 Å². The Morgan fingerprint density at radius 2 is 1.22 bits per heavy atom. The smallest absolute Gasteiger partial charge is 0.343 e. The lowest BCUT2D eigenvalue weighted by Crippen LogP contribution is -2.35. The van der Waals surface area contributed by atoms with Crippen LogP contribution >= 0.6 is 0 Å². The molecule has 9 heteroatoms. The van der Waals surface area contributed by atoms with Gasteiger partial charge in [0.05, 0.1) is 17.7 Å². The van der Waals surface area contributed by atoms with Crippen LogP contribution in [0.1, 0.15) is 66.2 Å². The highest BCUT2D eigenvalue weighted by atomic mass is 19.1. The Balaban J connectivity index is 1.21. The number of hydrogen-bond donors (Lipinski definition) is 0. The fourth-order valence-electron chi connectivity index (χ4n) is 4.57. The number of carbonyl (C=O) groups excluding carboxylic acids is 2. The molecule has 0 unspecified atom stereocenters. The van der Waals surface area contributed by atoms with Crippen LogP contribution in [0.15, 0.2) is 91.3 Å². The van der Waals surface area contributed by atoms with Gasteiger partial charge in [0.1, 0.15) is 23.9 Å². The average Bonchev–Trinajstić information content (AvgIpc) is 3.06. The summed E-state index contributed by atoms with van der Waals surface area (Å²) < 4.78 is 38.9. The molecule has 1 aromatic heterocycles. The molecule has 3 aromatic carbocycles. The van der Waals surface area contributed by atoms with Gasteiger partial charge in [0.25, 0.3) is 0 Å². The highest BCUT2D eigenvalue weighted by Gasteiger charge is 2.15. The quantitative estimate of drug-likeness (QED) is 0.0520. The zero-order chi connectivity index (χ0) is 32.7. The summed E-state index contributed by atoms with van der Waals surface area (Å²) in [7, 11) is 3.98. The number of carbonyl (C=O) groups is 2. The fourth-order valence-corrected chi connectivity index (χ4v) is 4.57. The molecule has 4 aromatic rings. The van der Waals surface area contributed by atoms with E-state index in [9.17, 15) is 14.0 Å². The minimum atomic E-state index is -0.837. The van der Waals surface area contributed by atoms with Crippen molar-refractivity contribution in [3.63, 3.8) is 0 Å². The van der Waals surface area contributed by atoms with Gasteiger partial charge in [0.15, 0.2) is 30.5 Å². The molecule has 0 saturated heterocycles. The molecule has 0 aliphatic heterocycles. The predicted octanol–water partition coefficient (Wildman–Crippen LogP) is 7.44. The lowest BCUT2D eigenvalue weighted by molar-refractivity contribution is -0.697. The fraction of sp³-hybridized carbons (Fsp3) is 0.324. The molecule has 0 N–H and O–H groups in total. The van der Waals surface area contributed by atoms with E-state index in [1.165, 1.54) is 37.8 Å². The maximum absolute atomic E-state index is 14.8. The monoisotopic (exact) mass is 629 g/mol. The molecule has 0 aliphatic rings. The van der Waals surface area contributed by atoms with Crippen LogP contribution in [0.3, 0.4) is 0 Å². The van der Waals surface area contributed by atoms with Gasteiger partial charge >= 0.3 is 11.9 Å². The molecule has 0 atom stereocenters. The number of unbranched alkanes of at least 4 members (excludes halogenated alkanes) is 5. The Morgan fingerprint density at radius 1 is 0.674 bits per heavy atom. The average molecular weight is 630 g/mol. The van der Waals surface area contributed by atoms with Crippen LogP contribution in [-0.2, 0) is 6.54 Å². The van der Waals surface area contributed by atoms with Crippen LogP contribution in [0.4, 0.5) is 10.1 Å². The summed E-state index contributed by atoms with van der Waals surface area (Å²) in [4.78, 5) is 27.3. The first-order chi connectivity index (χ1) is 22.3.